The predicted molar refractivity (Wildman–Crippen MR) is 106 cm³/mol. The molecule has 0 aliphatic heterocycles. The van der Waals surface area contributed by atoms with Crippen LogP contribution in [0.3, 0.4) is 0 Å². The van der Waals surface area contributed by atoms with Crippen molar-refractivity contribution in [3.63, 3.8) is 0 Å². The molecule has 2 heterocycles. The number of nitrogen functional groups attached to an aromatic ring is 1. The Morgan fingerprint density at radius 2 is 1.92 bits per heavy atom. The van der Waals surface area contributed by atoms with E-state index in [4.69, 9.17) is 5.73 Å². The van der Waals surface area contributed by atoms with Gasteiger partial charge in [-0.2, -0.15) is 15.0 Å². The normalized spacial score (nSPS) is 12.2. The first-order valence-electron chi connectivity index (χ1n) is 8.32. The van der Waals surface area contributed by atoms with Crippen molar-refractivity contribution in [2.24, 2.45) is 0 Å². The Balaban J connectivity index is 1.91. The molecule has 0 saturated heterocycles. The Bertz CT molecular complexity index is 920. The van der Waals surface area contributed by atoms with Crippen LogP contribution in [0.4, 0.5) is 11.9 Å². The molecule has 2 aromatic heterocycles. The molecule has 7 nitrogen and oxygen atoms in total. The zero-order valence-corrected chi connectivity index (χ0v) is 16.4. The van der Waals surface area contributed by atoms with Gasteiger partial charge in [-0.3, -0.25) is 4.57 Å². The van der Waals surface area contributed by atoms with Crippen LogP contribution in [0.5, 0.6) is 0 Å². The lowest BCUT2D eigenvalue weighted by Crippen LogP contribution is -2.16. The van der Waals surface area contributed by atoms with Gasteiger partial charge >= 0.3 is 0 Å². The minimum absolute atomic E-state index is 0.0229. The molecule has 0 saturated carbocycles. The van der Waals surface area contributed by atoms with E-state index in [0.717, 1.165) is 10.8 Å². The van der Waals surface area contributed by atoms with Crippen LogP contribution in [0.1, 0.15) is 29.1 Å². The number of hydrogen-bond donors (Lipinski definition) is 1. The Hall–Kier alpha value is -2.61. The quantitative estimate of drug-likeness (QED) is 0.691. The number of hydrogen-bond acceptors (Lipinski definition) is 7. The average Bonchev–Trinajstić information content (AvgIpc) is 3.04. The van der Waals surface area contributed by atoms with Crippen LogP contribution in [0, 0.1) is 13.8 Å². The topological polar surface area (TPSA) is 85.8 Å². The van der Waals surface area contributed by atoms with Gasteiger partial charge in [0, 0.05) is 26.5 Å². The van der Waals surface area contributed by atoms with Gasteiger partial charge in [0.2, 0.25) is 11.9 Å². The van der Waals surface area contributed by atoms with E-state index >= 15 is 0 Å². The third-order valence-corrected chi connectivity index (χ3v) is 5.22. The second kappa shape index (κ2) is 7.33. The van der Waals surface area contributed by atoms with E-state index in [1.54, 1.807) is 11.8 Å². The highest BCUT2D eigenvalue weighted by Gasteiger charge is 2.18. The molecule has 2 N–H and O–H groups in total. The molecule has 136 valence electrons. The summed E-state index contributed by atoms with van der Waals surface area (Å²) < 4.78 is 2.10. The Morgan fingerprint density at radius 3 is 2.65 bits per heavy atom. The van der Waals surface area contributed by atoms with Gasteiger partial charge in [-0.25, -0.2) is 4.98 Å². The van der Waals surface area contributed by atoms with Crippen molar-refractivity contribution in [3.05, 3.63) is 47.5 Å². The largest absolute Gasteiger partial charge is 0.368 e. The van der Waals surface area contributed by atoms with E-state index in [9.17, 15) is 0 Å². The predicted octanol–water partition coefficient (Wildman–Crippen LogP) is 3.18. The van der Waals surface area contributed by atoms with E-state index in [1.165, 1.54) is 11.1 Å². The lowest BCUT2D eigenvalue weighted by atomic mass is 10.1. The maximum absolute atomic E-state index is 5.85. The van der Waals surface area contributed by atoms with Gasteiger partial charge in [-0.15, -0.1) is 0 Å². The van der Waals surface area contributed by atoms with Gasteiger partial charge in [-0.05, 0) is 38.0 Å². The van der Waals surface area contributed by atoms with Crippen molar-refractivity contribution in [1.82, 2.24) is 24.5 Å². The van der Waals surface area contributed by atoms with Crippen LogP contribution in [0.2, 0.25) is 0 Å². The second-order valence-corrected chi connectivity index (χ2v) is 7.61. The van der Waals surface area contributed by atoms with Crippen molar-refractivity contribution in [2.45, 2.75) is 31.2 Å². The smallest absolute Gasteiger partial charge is 0.229 e. The molecule has 0 fully saturated rings. The molecule has 0 spiro atoms. The van der Waals surface area contributed by atoms with Crippen LogP contribution in [0.25, 0.3) is 5.69 Å². The third-order valence-electron chi connectivity index (χ3n) is 4.15. The fourth-order valence-corrected chi connectivity index (χ4v) is 3.47. The molecule has 26 heavy (non-hydrogen) atoms. The van der Waals surface area contributed by atoms with Gasteiger partial charge < -0.3 is 10.6 Å². The van der Waals surface area contributed by atoms with E-state index in [0.29, 0.717) is 11.8 Å². The molecule has 1 aromatic carbocycles. The molecule has 0 aliphatic carbocycles. The molecule has 0 aliphatic rings. The van der Waals surface area contributed by atoms with E-state index < -0.39 is 0 Å². The summed E-state index contributed by atoms with van der Waals surface area (Å²) in [5, 5.41) is 0.863. The van der Waals surface area contributed by atoms with Gasteiger partial charge in [0.1, 0.15) is 5.82 Å². The van der Waals surface area contributed by atoms with E-state index in [-0.39, 0.29) is 11.2 Å². The van der Waals surface area contributed by atoms with Gasteiger partial charge in [-0.1, -0.05) is 23.9 Å². The monoisotopic (exact) mass is 369 g/mol. The SMILES string of the molecule is Cc1cccc(-n2ccnc2S[C@H](C)c2nc(N)nc(N(C)C)n2)c1C. The fourth-order valence-electron chi connectivity index (χ4n) is 2.55. The van der Waals surface area contributed by atoms with Crippen molar-refractivity contribution in [2.75, 3.05) is 24.7 Å². The first kappa shape index (κ1) is 18.2. The summed E-state index contributed by atoms with van der Waals surface area (Å²) in [6.07, 6.45) is 3.79. The van der Waals surface area contributed by atoms with Crippen molar-refractivity contribution >= 4 is 23.7 Å². The van der Waals surface area contributed by atoms with E-state index in [1.807, 2.05) is 38.3 Å². The summed E-state index contributed by atoms with van der Waals surface area (Å²) in [4.78, 5) is 19.3. The highest BCUT2D eigenvalue weighted by molar-refractivity contribution is 7.99. The first-order valence-corrected chi connectivity index (χ1v) is 9.20. The summed E-state index contributed by atoms with van der Waals surface area (Å²) >= 11 is 1.59. The maximum Gasteiger partial charge on any atom is 0.229 e. The number of anilines is 2. The van der Waals surface area contributed by atoms with E-state index in [2.05, 4.69) is 56.5 Å². The van der Waals surface area contributed by atoms with Crippen LogP contribution < -0.4 is 10.6 Å². The summed E-state index contributed by atoms with van der Waals surface area (Å²) in [5.41, 5.74) is 9.46. The summed E-state index contributed by atoms with van der Waals surface area (Å²) in [7, 11) is 3.76. The molecular formula is C18H23N7S. The van der Waals surface area contributed by atoms with Crippen molar-refractivity contribution < 1.29 is 0 Å². The Labute approximate surface area is 157 Å². The fraction of sp³-hybridized carbons (Fsp3) is 0.333. The maximum atomic E-state index is 5.85. The standard InChI is InChI=1S/C18H23N7S/c1-11-7-6-8-14(12(11)2)25-10-9-20-18(25)26-13(3)15-21-16(19)23-17(22-15)24(4)5/h6-10,13H,1-5H3,(H2,19,21,22,23)/t13-/m1/s1. The molecule has 3 rings (SSSR count). The summed E-state index contributed by atoms with van der Waals surface area (Å²) in [5.74, 6) is 1.42. The molecular weight excluding hydrogens is 346 g/mol. The number of aryl methyl sites for hydroxylation is 1. The Morgan fingerprint density at radius 1 is 1.15 bits per heavy atom. The number of thioether (sulfide) groups is 1. The summed E-state index contributed by atoms with van der Waals surface area (Å²) in [6, 6.07) is 6.27. The zero-order chi connectivity index (χ0) is 18.8. The van der Waals surface area contributed by atoms with Crippen molar-refractivity contribution in [3.8, 4) is 5.69 Å². The molecule has 1 atom stereocenters. The molecule has 0 bridgehead atoms. The van der Waals surface area contributed by atoms with Crippen LogP contribution in [0.15, 0.2) is 35.7 Å². The minimum atomic E-state index is -0.0229. The highest BCUT2D eigenvalue weighted by atomic mass is 32.2. The number of nitrogens with zero attached hydrogens (tertiary/aromatic N) is 6. The average molecular weight is 369 g/mol. The minimum Gasteiger partial charge on any atom is -0.368 e. The van der Waals surface area contributed by atoms with Crippen LogP contribution >= 0.6 is 11.8 Å². The van der Waals surface area contributed by atoms with Gasteiger partial charge in [0.25, 0.3) is 0 Å². The summed E-state index contributed by atoms with van der Waals surface area (Å²) in [6.45, 7) is 6.28. The molecule has 0 unspecified atom stereocenters. The lowest BCUT2D eigenvalue weighted by Gasteiger charge is -2.16. The number of aromatic nitrogens is 5. The second-order valence-electron chi connectivity index (χ2n) is 6.31. The Kier molecular flexibility index (Phi) is 5.13. The van der Waals surface area contributed by atoms with Gasteiger partial charge in [0.15, 0.2) is 5.16 Å². The molecule has 8 heteroatoms. The van der Waals surface area contributed by atoms with Crippen LogP contribution in [-0.2, 0) is 0 Å². The third kappa shape index (κ3) is 3.65. The van der Waals surface area contributed by atoms with Crippen molar-refractivity contribution in [1.29, 1.82) is 0 Å². The number of rotatable bonds is 5. The zero-order valence-electron chi connectivity index (χ0n) is 15.6. The van der Waals surface area contributed by atoms with Gasteiger partial charge in [0.05, 0.1) is 10.9 Å². The molecule has 0 radical (unpaired) electrons. The number of benzene rings is 1. The number of imidazole rings is 1. The lowest BCUT2D eigenvalue weighted by molar-refractivity contribution is 0.844. The van der Waals surface area contributed by atoms with Crippen LogP contribution in [-0.4, -0.2) is 38.6 Å². The number of nitrogens with two attached hydrogens (primary N) is 1. The molecule has 0 amide bonds. The molecule has 3 aromatic rings. The highest BCUT2D eigenvalue weighted by Crippen LogP contribution is 2.34. The first-order chi connectivity index (χ1) is 12.4.